The fourth-order valence-corrected chi connectivity index (χ4v) is 1.23. The summed E-state index contributed by atoms with van der Waals surface area (Å²) in [6, 6.07) is 5.46. The third-order valence-corrected chi connectivity index (χ3v) is 1.97. The Labute approximate surface area is 94.4 Å². The van der Waals surface area contributed by atoms with Crippen molar-refractivity contribution >= 4 is 12.5 Å². The zero-order valence-electron chi connectivity index (χ0n) is 9.23. The molecule has 0 aliphatic heterocycles. The van der Waals surface area contributed by atoms with Gasteiger partial charge in [0.05, 0.1) is 14.2 Å². The van der Waals surface area contributed by atoms with E-state index in [9.17, 15) is 4.79 Å². The molecule has 4 nitrogen and oxygen atoms in total. The van der Waals surface area contributed by atoms with Crippen molar-refractivity contribution in [2.24, 2.45) is 0 Å². The molecule has 0 saturated heterocycles. The monoisotopic (exact) mass is 221 g/mol. The van der Waals surface area contributed by atoms with Crippen molar-refractivity contribution in [3.8, 4) is 11.5 Å². The number of hydrogen-bond acceptors (Lipinski definition) is 4. The lowest BCUT2D eigenvalue weighted by molar-refractivity contribution is 0.314. The number of benzene rings is 1. The van der Waals surface area contributed by atoms with Gasteiger partial charge in [-0.1, -0.05) is 6.08 Å². The molecular formula is C12H13O4. The molecule has 0 saturated carbocycles. The lowest BCUT2D eigenvalue weighted by Crippen LogP contribution is -1.90. The Morgan fingerprint density at radius 3 is 2.75 bits per heavy atom. The molecule has 0 atom stereocenters. The highest BCUT2D eigenvalue weighted by atomic mass is 16.5. The highest BCUT2D eigenvalue weighted by Crippen LogP contribution is 2.24. The summed E-state index contributed by atoms with van der Waals surface area (Å²) in [6.07, 6.45) is 3.49. The van der Waals surface area contributed by atoms with Crippen molar-refractivity contribution < 1.29 is 19.0 Å². The van der Waals surface area contributed by atoms with Gasteiger partial charge in [-0.15, -0.1) is 0 Å². The molecular weight excluding hydrogens is 208 g/mol. The van der Waals surface area contributed by atoms with Gasteiger partial charge in [-0.25, -0.2) is 4.79 Å². The highest BCUT2D eigenvalue weighted by molar-refractivity contribution is 5.59. The smallest absolute Gasteiger partial charge is 0.417 e. The number of ether oxygens (including phenoxy) is 3. The van der Waals surface area contributed by atoms with Gasteiger partial charge in [-0.2, -0.15) is 0 Å². The summed E-state index contributed by atoms with van der Waals surface area (Å²) in [7, 11) is 3.19. The van der Waals surface area contributed by atoms with E-state index < -0.39 is 0 Å². The fourth-order valence-electron chi connectivity index (χ4n) is 1.23. The van der Waals surface area contributed by atoms with E-state index in [0.717, 1.165) is 17.1 Å². The quantitative estimate of drug-likeness (QED) is 0.687. The minimum atomic E-state index is 0.184. The van der Waals surface area contributed by atoms with E-state index in [1.54, 1.807) is 26.4 Å². The van der Waals surface area contributed by atoms with Gasteiger partial charge in [-0.05, 0) is 24.3 Å². The second-order valence-corrected chi connectivity index (χ2v) is 2.90. The van der Waals surface area contributed by atoms with Gasteiger partial charge in [0.25, 0.3) is 0 Å². The van der Waals surface area contributed by atoms with Crippen molar-refractivity contribution in [2.75, 3.05) is 20.8 Å². The van der Waals surface area contributed by atoms with Crippen molar-refractivity contribution in [1.82, 2.24) is 0 Å². The molecule has 4 heteroatoms. The number of methoxy groups -OCH3 is 2. The van der Waals surface area contributed by atoms with Crippen LogP contribution in [0.2, 0.25) is 0 Å². The van der Waals surface area contributed by atoms with E-state index in [2.05, 4.69) is 4.74 Å². The van der Waals surface area contributed by atoms with Gasteiger partial charge >= 0.3 is 6.47 Å². The van der Waals surface area contributed by atoms with Gasteiger partial charge < -0.3 is 14.2 Å². The third kappa shape index (κ3) is 3.31. The first kappa shape index (κ1) is 12.1. The lowest BCUT2D eigenvalue weighted by atomic mass is 10.1. The van der Waals surface area contributed by atoms with Crippen molar-refractivity contribution in [2.45, 2.75) is 0 Å². The third-order valence-electron chi connectivity index (χ3n) is 1.97. The maximum absolute atomic E-state index is 9.81. The summed E-state index contributed by atoms with van der Waals surface area (Å²) in [5, 5.41) is 0. The molecule has 1 radical (unpaired) electrons. The average Bonchev–Trinajstić information content (AvgIpc) is 2.34. The van der Waals surface area contributed by atoms with Gasteiger partial charge in [0.2, 0.25) is 0 Å². The molecule has 0 N–H and O–H groups in total. The van der Waals surface area contributed by atoms with E-state index in [1.807, 2.05) is 18.2 Å². The molecule has 85 valence electrons. The van der Waals surface area contributed by atoms with Crippen LogP contribution in [0, 0.1) is 0 Å². The Kier molecular flexibility index (Phi) is 4.92. The lowest BCUT2D eigenvalue weighted by Gasteiger charge is -2.06. The van der Waals surface area contributed by atoms with Crippen LogP contribution < -0.4 is 9.47 Å². The average molecular weight is 221 g/mol. The molecule has 0 fully saturated rings. The predicted molar refractivity (Wildman–Crippen MR) is 60.2 cm³/mol. The minimum absolute atomic E-state index is 0.184. The summed E-state index contributed by atoms with van der Waals surface area (Å²) in [6.45, 7) is 1.53. The van der Waals surface area contributed by atoms with E-state index in [0.29, 0.717) is 0 Å². The van der Waals surface area contributed by atoms with Crippen LogP contribution >= 0.6 is 0 Å². The van der Waals surface area contributed by atoms with Crippen LogP contribution in [0.15, 0.2) is 24.3 Å². The van der Waals surface area contributed by atoms with E-state index in [4.69, 9.17) is 9.47 Å². The summed E-state index contributed by atoms with van der Waals surface area (Å²) in [5.74, 6) is 1.47. The Bertz CT molecular complexity index is 371. The summed E-state index contributed by atoms with van der Waals surface area (Å²) in [5.41, 5.74) is 0.858. The van der Waals surface area contributed by atoms with E-state index >= 15 is 0 Å². The molecule has 0 heterocycles. The van der Waals surface area contributed by atoms with E-state index in [1.165, 1.54) is 6.47 Å². The first-order valence-electron chi connectivity index (χ1n) is 4.69. The predicted octanol–water partition coefficient (Wildman–Crippen LogP) is 1.80. The Hall–Kier alpha value is -1.97. The molecule has 16 heavy (non-hydrogen) atoms. The molecule has 0 aromatic heterocycles. The van der Waals surface area contributed by atoms with Crippen molar-refractivity contribution in [3.05, 3.63) is 29.8 Å². The Morgan fingerprint density at radius 1 is 1.31 bits per heavy atom. The van der Waals surface area contributed by atoms with Crippen molar-refractivity contribution in [1.29, 1.82) is 0 Å². The zero-order valence-corrected chi connectivity index (χ0v) is 9.23. The van der Waals surface area contributed by atoms with Gasteiger partial charge in [-0.3, -0.25) is 0 Å². The SMILES string of the molecule is COc1ccc(OC)c(/C=C/CO[C]=O)c1. The van der Waals surface area contributed by atoms with Crippen LogP contribution in [0.25, 0.3) is 6.08 Å². The molecule has 0 aliphatic rings. The minimum Gasteiger partial charge on any atom is -0.497 e. The zero-order chi connectivity index (χ0) is 11.8. The summed E-state index contributed by atoms with van der Waals surface area (Å²) in [4.78, 5) is 9.81. The Morgan fingerprint density at radius 2 is 2.12 bits per heavy atom. The van der Waals surface area contributed by atoms with Crippen LogP contribution in [0.3, 0.4) is 0 Å². The molecule has 1 rings (SSSR count). The molecule has 1 aromatic carbocycles. The number of carbonyl (C=O) groups excluding carboxylic acids is 1. The van der Waals surface area contributed by atoms with Crippen LogP contribution in [0.1, 0.15) is 5.56 Å². The molecule has 0 amide bonds. The van der Waals surface area contributed by atoms with Crippen LogP contribution in [0.4, 0.5) is 0 Å². The largest absolute Gasteiger partial charge is 0.497 e. The van der Waals surface area contributed by atoms with Crippen LogP contribution in [-0.4, -0.2) is 27.3 Å². The first-order valence-corrected chi connectivity index (χ1v) is 4.69. The second kappa shape index (κ2) is 6.50. The van der Waals surface area contributed by atoms with Crippen LogP contribution in [0.5, 0.6) is 11.5 Å². The second-order valence-electron chi connectivity index (χ2n) is 2.90. The Balaban J connectivity index is 2.82. The number of hydrogen-bond donors (Lipinski definition) is 0. The summed E-state index contributed by atoms with van der Waals surface area (Å²) < 4.78 is 14.7. The molecule has 0 aliphatic carbocycles. The molecule has 0 spiro atoms. The molecule has 0 unspecified atom stereocenters. The maximum atomic E-state index is 9.81. The van der Waals surface area contributed by atoms with Crippen molar-refractivity contribution in [3.63, 3.8) is 0 Å². The first-order chi connectivity index (χ1) is 7.81. The highest BCUT2D eigenvalue weighted by Gasteiger charge is 2.01. The maximum Gasteiger partial charge on any atom is 0.417 e. The number of rotatable bonds is 6. The van der Waals surface area contributed by atoms with Crippen LogP contribution in [-0.2, 0) is 9.53 Å². The van der Waals surface area contributed by atoms with Gasteiger partial charge in [0.15, 0.2) is 0 Å². The summed E-state index contributed by atoms with van der Waals surface area (Å²) >= 11 is 0. The van der Waals surface area contributed by atoms with Gasteiger partial charge in [0.1, 0.15) is 18.1 Å². The van der Waals surface area contributed by atoms with E-state index in [-0.39, 0.29) is 6.61 Å². The normalized spacial score (nSPS) is 10.1. The molecule has 0 bridgehead atoms. The fraction of sp³-hybridized carbons (Fsp3) is 0.250. The molecule has 1 aromatic rings. The topological polar surface area (TPSA) is 44.8 Å². The standard InChI is InChI=1S/C12H13O4/c1-14-11-5-6-12(15-2)10(8-11)4-3-7-16-9-13/h3-6,8H,7H2,1-2H3/b4-3+. The van der Waals surface area contributed by atoms with Gasteiger partial charge in [0, 0.05) is 5.56 Å².